The van der Waals surface area contributed by atoms with Crippen LogP contribution in [0.2, 0.25) is 0 Å². The number of rotatable bonds is 7. The fourth-order valence-electron chi connectivity index (χ4n) is 4.36. The van der Waals surface area contributed by atoms with Gasteiger partial charge >= 0.3 is 0 Å². The van der Waals surface area contributed by atoms with Gasteiger partial charge in [0.25, 0.3) is 5.91 Å². The maximum atomic E-state index is 13.2. The predicted molar refractivity (Wildman–Crippen MR) is 124 cm³/mol. The zero-order chi connectivity index (χ0) is 22.6. The van der Waals surface area contributed by atoms with Crippen LogP contribution in [0.4, 0.5) is 5.69 Å². The van der Waals surface area contributed by atoms with Crippen molar-refractivity contribution in [1.29, 1.82) is 0 Å². The minimum atomic E-state index is -3.68. The molecule has 32 heavy (non-hydrogen) atoms. The van der Waals surface area contributed by atoms with Gasteiger partial charge in [0.1, 0.15) is 0 Å². The average molecular weight is 458 g/mol. The van der Waals surface area contributed by atoms with Gasteiger partial charge in [-0.15, -0.1) is 0 Å². The highest BCUT2D eigenvalue weighted by Gasteiger charge is 2.29. The predicted octanol–water partition coefficient (Wildman–Crippen LogP) is 2.80. The highest BCUT2D eigenvalue weighted by atomic mass is 32.2. The number of para-hydroxylation sites is 1. The SMILES string of the molecule is CCc1ccc(C(=O)NCc2ccccc2N2CCCC2)cc1S(=O)(=O)N1CCOCC1. The molecule has 2 fully saturated rings. The lowest BCUT2D eigenvalue weighted by molar-refractivity contribution is 0.0730. The number of aryl methyl sites for hydroxylation is 1. The van der Waals surface area contributed by atoms with Crippen molar-refractivity contribution in [2.45, 2.75) is 37.6 Å². The van der Waals surface area contributed by atoms with E-state index in [1.165, 1.54) is 23.2 Å². The second-order valence-corrected chi connectivity index (χ2v) is 10.1. The fourth-order valence-corrected chi connectivity index (χ4v) is 6.09. The minimum Gasteiger partial charge on any atom is -0.379 e. The van der Waals surface area contributed by atoms with Gasteiger partial charge in [-0.25, -0.2) is 8.42 Å². The molecule has 8 heteroatoms. The molecule has 0 radical (unpaired) electrons. The first-order valence-corrected chi connectivity index (χ1v) is 12.8. The van der Waals surface area contributed by atoms with Crippen molar-refractivity contribution in [3.05, 3.63) is 59.2 Å². The number of sulfonamides is 1. The van der Waals surface area contributed by atoms with Gasteiger partial charge in [-0.1, -0.05) is 31.2 Å². The molecule has 0 aliphatic carbocycles. The van der Waals surface area contributed by atoms with E-state index in [-0.39, 0.29) is 10.8 Å². The molecular formula is C24H31N3O4S. The van der Waals surface area contributed by atoms with Gasteiger partial charge in [0.15, 0.2) is 0 Å². The average Bonchev–Trinajstić information content (AvgIpc) is 3.37. The number of carbonyl (C=O) groups is 1. The van der Waals surface area contributed by atoms with Crippen LogP contribution in [0.3, 0.4) is 0 Å². The van der Waals surface area contributed by atoms with Gasteiger partial charge in [0.2, 0.25) is 10.0 Å². The summed E-state index contributed by atoms with van der Waals surface area (Å²) in [5.41, 5.74) is 3.29. The molecule has 2 aliphatic heterocycles. The van der Waals surface area contributed by atoms with E-state index in [0.717, 1.165) is 24.3 Å². The molecule has 2 aromatic carbocycles. The van der Waals surface area contributed by atoms with E-state index in [0.29, 0.717) is 50.4 Å². The molecule has 0 aromatic heterocycles. The number of carbonyl (C=O) groups excluding carboxylic acids is 1. The maximum absolute atomic E-state index is 13.2. The third-order valence-corrected chi connectivity index (χ3v) is 8.16. The number of morpholine rings is 1. The third kappa shape index (κ3) is 4.82. The monoisotopic (exact) mass is 457 g/mol. The molecule has 1 amide bonds. The highest BCUT2D eigenvalue weighted by molar-refractivity contribution is 7.89. The van der Waals surface area contributed by atoms with E-state index in [4.69, 9.17) is 4.74 Å². The Bertz CT molecular complexity index is 1060. The fraction of sp³-hybridized carbons (Fsp3) is 0.458. The van der Waals surface area contributed by atoms with E-state index in [2.05, 4.69) is 16.3 Å². The Kier molecular flexibility index (Phi) is 7.13. The lowest BCUT2D eigenvalue weighted by Gasteiger charge is -2.27. The van der Waals surface area contributed by atoms with Crippen LogP contribution in [0, 0.1) is 0 Å². The van der Waals surface area contributed by atoms with E-state index in [1.807, 2.05) is 25.1 Å². The topological polar surface area (TPSA) is 79.0 Å². The number of benzene rings is 2. The Morgan fingerprint density at radius 2 is 1.72 bits per heavy atom. The standard InChI is InChI=1S/C24H31N3O4S/c1-2-19-9-10-20(17-23(19)32(29,30)27-13-15-31-16-14-27)24(28)25-18-21-7-3-4-8-22(21)26-11-5-6-12-26/h3-4,7-10,17H,2,5-6,11-16,18H2,1H3,(H,25,28). The van der Waals surface area contributed by atoms with Crippen molar-refractivity contribution in [2.75, 3.05) is 44.3 Å². The first-order chi connectivity index (χ1) is 15.5. The van der Waals surface area contributed by atoms with Crippen molar-refractivity contribution in [3.63, 3.8) is 0 Å². The molecule has 1 N–H and O–H groups in total. The first kappa shape index (κ1) is 22.8. The number of hydrogen-bond acceptors (Lipinski definition) is 5. The first-order valence-electron chi connectivity index (χ1n) is 11.3. The summed E-state index contributed by atoms with van der Waals surface area (Å²) in [6.45, 7) is 5.81. The Morgan fingerprint density at radius 1 is 1.00 bits per heavy atom. The number of hydrogen-bond donors (Lipinski definition) is 1. The summed E-state index contributed by atoms with van der Waals surface area (Å²) >= 11 is 0. The largest absolute Gasteiger partial charge is 0.379 e. The van der Waals surface area contributed by atoms with Gasteiger partial charge in [-0.2, -0.15) is 4.31 Å². The van der Waals surface area contributed by atoms with E-state index in [1.54, 1.807) is 12.1 Å². The quantitative estimate of drug-likeness (QED) is 0.692. The lowest BCUT2D eigenvalue weighted by Crippen LogP contribution is -2.41. The smallest absolute Gasteiger partial charge is 0.251 e. The summed E-state index contributed by atoms with van der Waals surface area (Å²) in [6.07, 6.45) is 2.94. The normalized spacial score (nSPS) is 17.5. The maximum Gasteiger partial charge on any atom is 0.251 e. The number of amides is 1. The third-order valence-electron chi connectivity index (χ3n) is 6.18. The molecule has 0 unspecified atom stereocenters. The molecule has 4 rings (SSSR count). The zero-order valence-corrected chi connectivity index (χ0v) is 19.4. The van der Waals surface area contributed by atoms with Crippen LogP contribution in [-0.2, 0) is 27.7 Å². The van der Waals surface area contributed by atoms with Crippen molar-refractivity contribution in [3.8, 4) is 0 Å². The van der Waals surface area contributed by atoms with Gasteiger partial charge in [0, 0.05) is 44.0 Å². The van der Waals surface area contributed by atoms with Crippen LogP contribution in [0.25, 0.3) is 0 Å². The van der Waals surface area contributed by atoms with Gasteiger partial charge < -0.3 is 15.0 Å². The molecule has 2 saturated heterocycles. The Morgan fingerprint density at radius 3 is 2.44 bits per heavy atom. The van der Waals surface area contributed by atoms with Crippen LogP contribution >= 0.6 is 0 Å². The molecular weight excluding hydrogens is 426 g/mol. The van der Waals surface area contributed by atoms with Crippen molar-refractivity contribution in [1.82, 2.24) is 9.62 Å². The molecule has 2 aliphatic rings. The summed E-state index contributed by atoms with van der Waals surface area (Å²) in [5.74, 6) is -0.276. The number of nitrogens with one attached hydrogen (secondary N) is 1. The van der Waals surface area contributed by atoms with Gasteiger partial charge in [-0.05, 0) is 48.6 Å². The molecule has 2 aromatic rings. The van der Waals surface area contributed by atoms with Gasteiger partial charge in [-0.3, -0.25) is 4.79 Å². The summed E-state index contributed by atoms with van der Waals surface area (Å²) < 4.78 is 33.2. The van der Waals surface area contributed by atoms with Crippen LogP contribution in [-0.4, -0.2) is 58.0 Å². The molecule has 0 saturated carbocycles. The molecule has 172 valence electrons. The highest BCUT2D eigenvalue weighted by Crippen LogP contribution is 2.26. The van der Waals surface area contributed by atoms with Crippen LogP contribution < -0.4 is 10.2 Å². The molecule has 2 heterocycles. The Hall–Kier alpha value is -2.42. The summed E-state index contributed by atoms with van der Waals surface area (Å²) in [4.78, 5) is 15.5. The zero-order valence-electron chi connectivity index (χ0n) is 18.5. The van der Waals surface area contributed by atoms with Crippen molar-refractivity contribution in [2.24, 2.45) is 0 Å². The summed E-state index contributed by atoms with van der Waals surface area (Å²) in [7, 11) is -3.68. The molecule has 0 atom stereocenters. The van der Waals surface area contributed by atoms with Crippen LogP contribution in [0.15, 0.2) is 47.4 Å². The number of anilines is 1. The van der Waals surface area contributed by atoms with E-state index in [9.17, 15) is 13.2 Å². The van der Waals surface area contributed by atoms with E-state index < -0.39 is 10.0 Å². The second-order valence-electron chi connectivity index (χ2n) is 8.20. The van der Waals surface area contributed by atoms with Gasteiger partial charge in [0.05, 0.1) is 18.1 Å². The van der Waals surface area contributed by atoms with Crippen molar-refractivity contribution >= 4 is 21.6 Å². The summed E-state index contributed by atoms with van der Waals surface area (Å²) in [6, 6.07) is 13.1. The molecule has 0 bridgehead atoms. The summed E-state index contributed by atoms with van der Waals surface area (Å²) in [5, 5.41) is 2.98. The molecule has 7 nitrogen and oxygen atoms in total. The molecule has 0 spiro atoms. The minimum absolute atomic E-state index is 0.215. The lowest BCUT2D eigenvalue weighted by atomic mass is 10.1. The van der Waals surface area contributed by atoms with Crippen LogP contribution in [0.1, 0.15) is 41.3 Å². The number of nitrogens with zero attached hydrogens (tertiary/aromatic N) is 2. The second kappa shape index (κ2) is 10.0. The van der Waals surface area contributed by atoms with Crippen molar-refractivity contribution < 1.29 is 17.9 Å². The number of ether oxygens (including phenoxy) is 1. The Labute approximate surface area is 190 Å². The van der Waals surface area contributed by atoms with E-state index >= 15 is 0 Å². The van der Waals surface area contributed by atoms with Crippen LogP contribution in [0.5, 0.6) is 0 Å². The Balaban J connectivity index is 1.53.